The Hall–Kier alpha value is -2.15. The first-order valence-electron chi connectivity index (χ1n) is 5.83. The molecule has 1 aliphatic heterocycles. The molecule has 0 amide bonds. The highest BCUT2D eigenvalue weighted by Gasteiger charge is 2.23. The van der Waals surface area contributed by atoms with Gasteiger partial charge in [-0.1, -0.05) is 0 Å². The fourth-order valence-corrected chi connectivity index (χ4v) is 1.98. The van der Waals surface area contributed by atoms with Crippen LogP contribution in [-0.2, 0) is 9.47 Å². The van der Waals surface area contributed by atoms with Crippen molar-refractivity contribution < 1.29 is 19.2 Å². The summed E-state index contributed by atoms with van der Waals surface area (Å²) in [5.74, 6) is -0.510. The minimum absolute atomic E-state index is 0.0189. The topological polar surface area (TPSA) is 81.9 Å². The number of methoxy groups -OCH3 is 1. The van der Waals surface area contributed by atoms with Gasteiger partial charge in [-0.25, -0.2) is 4.79 Å². The molecule has 19 heavy (non-hydrogen) atoms. The lowest BCUT2D eigenvalue weighted by Gasteiger charge is -2.28. The molecule has 0 atom stereocenters. The molecule has 0 radical (unpaired) electrons. The number of hydrogen-bond acceptors (Lipinski definition) is 6. The third-order valence-corrected chi connectivity index (χ3v) is 2.94. The molecule has 1 saturated heterocycles. The first-order valence-corrected chi connectivity index (χ1v) is 5.83. The van der Waals surface area contributed by atoms with Gasteiger partial charge in [0.05, 0.1) is 30.8 Å². The number of carbonyl (C=O) groups excluding carboxylic acids is 1. The molecule has 0 spiro atoms. The van der Waals surface area contributed by atoms with Crippen molar-refractivity contribution in [2.45, 2.75) is 0 Å². The summed E-state index contributed by atoms with van der Waals surface area (Å²) < 4.78 is 9.84. The second-order valence-corrected chi connectivity index (χ2v) is 4.05. The van der Waals surface area contributed by atoms with Crippen molar-refractivity contribution in [3.05, 3.63) is 33.9 Å². The average Bonchev–Trinajstić information content (AvgIpc) is 2.46. The van der Waals surface area contributed by atoms with Crippen LogP contribution in [0.15, 0.2) is 18.2 Å². The number of nitro groups is 1. The Morgan fingerprint density at radius 3 is 2.68 bits per heavy atom. The van der Waals surface area contributed by atoms with Gasteiger partial charge in [0.15, 0.2) is 0 Å². The SMILES string of the molecule is COC(=O)c1ccc([N+](=O)[O-])c(N2CCOCC2)c1. The van der Waals surface area contributed by atoms with Crippen molar-refractivity contribution in [2.24, 2.45) is 0 Å². The van der Waals surface area contributed by atoms with Crippen LogP contribution in [0.5, 0.6) is 0 Å². The van der Waals surface area contributed by atoms with E-state index in [-0.39, 0.29) is 5.69 Å². The van der Waals surface area contributed by atoms with Crippen molar-refractivity contribution in [1.29, 1.82) is 0 Å². The first-order chi connectivity index (χ1) is 9.13. The molecule has 0 N–H and O–H groups in total. The van der Waals surface area contributed by atoms with Crippen molar-refractivity contribution in [3.8, 4) is 0 Å². The quantitative estimate of drug-likeness (QED) is 0.464. The maximum Gasteiger partial charge on any atom is 0.337 e. The molecule has 0 aromatic heterocycles. The van der Waals surface area contributed by atoms with E-state index in [0.29, 0.717) is 37.6 Å². The smallest absolute Gasteiger partial charge is 0.337 e. The fraction of sp³-hybridized carbons (Fsp3) is 0.417. The summed E-state index contributed by atoms with van der Waals surface area (Å²) in [6.07, 6.45) is 0. The standard InChI is InChI=1S/C12H14N2O5/c1-18-12(15)9-2-3-10(14(16)17)11(8-9)13-4-6-19-7-5-13/h2-3,8H,4-7H2,1H3. The van der Waals surface area contributed by atoms with Gasteiger partial charge in [-0.2, -0.15) is 0 Å². The monoisotopic (exact) mass is 266 g/mol. The van der Waals surface area contributed by atoms with Crippen LogP contribution in [0.3, 0.4) is 0 Å². The number of carbonyl (C=O) groups is 1. The van der Waals surface area contributed by atoms with Gasteiger partial charge in [0.1, 0.15) is 5.69 Å². The van der Waals surface area contributed by atoms with Crippen molar-refractivity contribution in [3.63, 3.8) is 0 Å². The van der Waals surface area contributed by atoms with Gasteiger partial charge in [-0.05, 0) is 12.1 Å². The summed E-state index contributed by atoms with van der Waals surface area (Å²) in [6, 6.07) is 4.22. The highest BCUT2D eigenvalue weighted by Crippen LogP contribution is 2.30. The van der Waals surface area contributed by atoms with E-state index in [1.807, 2.05) is 4.90 Å². The average molecular weight is 266 g/mol. The molecule has 2 rings (SSSR count). The van der Waals surface area contributed by atoms with E-state index in [9.17, 15) is 14.9 Å². The highest BCUT2D eigenvalue weighted by atomic mass is 16.6. The lowest BCUT2D eigenvalue weighted by molar-refractivity contribution is -0.384. The summed E-state index contributed by atoms with van der Waals surface area (Å²) in [5.41, 5.74) is 0.709. The van der Waals surface area contributed by atoms with Gasteiger partial charge in [-0.15, -0.1) is 0 Å². The number of ether oxygens (including phenoxy) is 2. The normalized spacial score (nSPS) is 15.1. The van der Waals surface area contributed by atoms with E-state index >= 15 is 0 Å². The molecule has 1 heterocycles. The lowest BCUT2D eigenvalue weighted by Crippen LogP contribution is -2.36. The first kappa shape index (κ1) is 13.3. The minimum Gasteiger partial charge on any atom is -0.465 e. The highest BCUT2D eigenvalue weighted by molar-refractivity contribution is 5.91. The molecule has 0 unspecified atom stereocenters. The van der Waals surface area contributed by atoms with Crippen LogP contribution >= 0.6 is 0 Å². The molecule has 102 valence electrons. The van der Waals surface area contributed by atoms with Gasteiger partial charge >= 0.3 is 5.97 Å². The fourth-order valence-electron chi connectivity index (χ4n) is 1.98. The number of benzene rings is 1. The van der Waals surface area contributed by atoms with E-state index in [0.717, 1.165) is 0 Å². The van der Waals surface area contributed by atoms with E-state index in [1.54, 1.807) is 0 Å². The Balaban J connectivity index is 2.40. The van der Waals surface area contributed by atoms with Crippen LogP contribution < -0.4 is 4.90 Å². The van der Waals surface area contributed by atoms with Crippen LogP contribution in [0.25, 0.3) is 0 Å². The minimum atomic E-state index is -0.510. The van der Waals surface area contributed by atoms with Crippen molar-refractivity contribution in [1.82, 2.24) is 0 Å². The van der Waals surface area contributed by atoms with Crippen LogP contribution in [0.2, 0.25) is 0 Å². The number of esters is 1. The van der Waals surface area contributed by atoms with E-state index < -0.39 is 10.9 Å². The predicted octanol–water partition coefficient (Wildman–Crippen LogP) is 1.22. The molecular formula is C12H14N2O5. The Kier molecular flexibility index (Phi) is 3.96. The molecule has 0 bridgehead atoms. The third kappa shape index (κ3) is 2.82. The van der Waals surface area contributed by atoms with Crippen LogP contribution in [-0.4, -0.2) is 44.3 Å². The van der Waals surface area contributed by atoms with E-state index in [4.69, 9.17) is 4.74 Å². The van der Waals surface area contributed by atoms with Gasteiger partial charge in [0, 0.05) is 19.2 Å². The molecular weight excluding hydrogens is 252 g/mol. The molecule has 1 fully saturated rings. The molecule has 7 heteroatoms. The third-order valence-electron chi connectivity index (χ3n) is 2.94. The molecule has 1 aromatic rings. The molecule has 7 nitrogen and oxygen atoms in total. The van der Waals surface area contributed by atoms with Gasteiger partial charge in [0.25, 0.3) is 5.69 Å². The van der Waals surface area contributed by atoms with Gasteiger partial charge in [0.2, 0.25) is 0 Å². The van der Waals surface area contributed by atoms with E-state index in [1.165, 1.54) is 25.3 Å². The zero-order chi connectivity index (χ0) is 13.8. The van der Waals surface area contributed by atoms with Crippen molar-refractivity contribution in [2.75, 3.05) is 38.3 Å². The van der Waals surface area contributed by atoms with Crippen molar-refractivity contribution >= 4 is 17.3 Å². The number of hydrogen-bond donors (Lipinski definition) is 0. The lowest BCUT2D eigenvalue weighted by atomic mass is 10.1. The molecule has 0 aliphatic carbocycles. The number of nitrogens with zero attached hydrogens (tertiary/aromatic N) is 2. The summed E-state index contributed by atoms with van der Waals surface area (Å²) in [7, 11) is 1.28. The van der Waals surface area contributed by atoms with Gasteiger partial charge in [-0.3, -0.25) is 10.1 Å². The van der Waals surface area contributed by atoms with E-state index in [2.05, 4.69) is 4.74 Å². The molecule has 1 aliphatic rings. The number of morpholine rings is 1. The second kappa shape index (κ2) is 5.66. The Morgan fingerprint density at radius 2 is 2.11 bits per heavy atom. The Morgan fingerprint density at radius 1 is 1.42 bits per heavy atom. The number of anilines is 1. The van der Waals surface area contributed by atoms with Crippen LogP contribution in [0.1, 0.15) is 10.4 Å². The number of rotatable bonds is 3. The summed E-state index contributed by atoms with van der Waals surface area (Å²) in [6.45, 7) is 2.15. The zero-order valence-corrected chi connectivity index (χ0v) is 10.5. The zero-order valence-electron chi connectivity index (χ0n) is 10.5. The largest absolute Gasteiger partial charge is 0.465 e. The Bertz CT molecular complexity index is 497. The second-order valence-electron chi connectivity index (χ2n) is 4.05. The van der Waals surface area contributed by atoms with Crippen LogP contribution in [0, 0.1) is 10.1 Å². The number of nitro benzene ring substituents is 1. The Labute approximate surface area is 109 Å². The summed E-state index contributed by atoms with van der Waals surface area (Å²) in [4.78, 5) is 23.9. The summed E-state index contributed by atoms with van der Waals surface area (Å²) >= 11 is 0. The molecule has 1 aromatic carbocycles. The maximum absolute atomic E-state index is 11.5. The molecule has 0 saturated carbocycles. The van der Waals surface area contributed by atoms with Gasteiger partial charge < -0.3 is 14.4 Å². The maximum atomic E-state index is 11.5. The predicted molar refractivity (Wildman–Crippen MR) is 67.5 cm³/mol. The van der Waals surface area contributed by atoms with Crippen LogP contribution in [0.4, 0.5) is 11.4 Å². The summed E-state index contributed by atoms with van der Waals surface area (Å²) in [5, 5.41) is 11.0.